The summed E-state index contributed by atoms with van der Waals surface area (Å²) in [5, 5.41) is 2.84. The summed E-state index contributed by atoms with van der Waals surface area (Å²) in [5.41, 5.74) is 0.597. The van der Waals surface area contributed by atoms with Gasteiger partial charge in [-0.05, 0) is 25.2 Å². The third-order valence-corrected chi connectivity index (χ3v) is 7.47. The third-order valence-electron chi connectivity index (χ3n) is 4.25. The summed E-state index contributed by atoms with van der Waals surface area (Å²) >= 11 is 1.58. The Hall–Kier alpha value is -1.09. The molecule has 2 aliphatic heterocycles. The lowest BCUT2D eigenvalue weighted by Gasteiger charge is -2.31. The van der Waals surface area contributed by atoms with Crippen molar-refractivity contribution in [3.05, 3.63) is 18.2 Å². The van der Waals surface area contributed by atoms with Crippen LogP contribution >= 0.6 is 11.8 Å². The molecule has 1 saturated heterocycles. The molecule has 23 heavy (non-hydrogen) atoms. The number of nitrogens with one attached hydrogen (secondary N) is 1. The number of thioether (sulfide) groups is 1. The minimum absolute atomic E-state index is 0.0644. The average Bonchev–Trinajstić information content (AvgIpc) is 2.66. The van der Waals surface area contributed by atoms with Gasteiger partial charge in [-0.25, -0.2) is 8.42 Å². The van der Waals surface area contributed by atoms with Gasteiger partial charge in [-0.15, -0.1) is 11.8 Å². The molecule has 126 valence electrons. The monoisotopic (exact) mass is 355 g/mol. The van der Waals surface area contributed by atoms with Gasteiger partial charge in [0, 0.05) is 42.7 Å². The zero-order chi connectivity index (χ0) is 16.6. The maximum Gasteiger partial charge on any atom is 0.243 e. The van der Waals surface area contributed by atoms with Gasteiger partial charge in [-0.1, -0.05) is 6.92 Å². The molecule has 1 fully saturated rings. The highest BCUT2D eigenvalue weighted by molar-refractivity contribution is 7.99. The van der Waals surface area contributed by atoms with E-state index < -0.39 is 10.0 Å². The lowest BCUT2D eigenvalue weighted by molar-refractivity contribution is -0.118. The van der Waals surface area contributed by atoms with Gasteiger partial charge in [-0.3, -0.25) is 4.79 Å². The van der Waals surface area contributed by atoms with Gasteiger partial charge < -0.3 is 10.2 Å². The van der Waals surface area contributed by atoms with E-state index in [1.807, 2.05) is 14.0 Å². The Morgan fingerprint density at radius 3 is 2.61 bits per heavy atom. The van der Waals surface area contributed by atoms with E-state index in [1.165, 1.54) is 4.31 Å². The molecule has 1 aromatic carbocycles. The molecule has 0 bridgehead atoms. The molecule has 0 spiro atoms. The molecule has 6 nitrogen and oxygen atoms in total. The van der Waals surface area contributed by atoms with Crippen LogP contribution < -0.4 is 5.32 Å². The average molecular weight is 355 g/mol. The third kappa shape index (κ3) is 3.40. The van der Waals surface area contributed by atoms with Crippen LogP contribution in [-0.2, 0) is 14.8 Å². The number of rotatable bonds is 2. The first kappa shape index (κ1) is 16.8. The molecule has 3 rings (SSSR count). The van der Waals surface area contributed by atoms with E-state index in [2.05, 4.69) is 10.2 Å². The number of hydrogen-bond acceptors (Lipinski definition) is 5. The van der Waals surface area contributed by atoms with Crippen molar-refractivity contribution in [1.82, 2.24) is 9.21 Å². The first-order valence-electron chi connectivity index (χ1n) is 7.64. The highest BCUT2D eigenvalue weighted by Crippen LogP contribution is 2.34. The Bertz CT molecular complexity index is 713. The van der Waals surface area contributed by atoms with Gasteiger partial charge in [-0.2, -0.15) is 4.31 Å². The molecular formula is C15H21N3O3S2. The van der Waals surface area contributed by atoms with Crippen molar-refractivity contribution in [1.29, 1.82) is 0 Å². The summed E-state index contributed by atoms with van der Waals surface area (Å²) < 4.78 is 27.1. The molecule has 1 N–H and O–H groups in total. The predicted octanol–water partition coefficient (Wildman–Crippen LogP) is 1.30. The largest absolute Gasteiger partial charge is 0.325 e. The molecule has 0 saturated carbocycles. The van der Waals surface area contributed by atoms with Gasteiger partial charge >= 0.3 is 0 Å². The van der Waals surface area contributed by atoms with Gasteiger partial charge in [0.2, 0.25) is 15.9 Å². The first-order valence-corrected chi connectivity index (χ1v) is 10.1. The molecule has 2 heterocycles. The van der Waals surface area contributed by atoms with Crippen molar-refractivity contribution in [2.75, 3.05) is 44.3 Å². The lowest BCUT2D eigenvalue weighted by atomic mass is 10.2. The fraction of sp³-hybridized carbons (Fsp3) is 0.533. The maximum atomic E-state index is 12.8. The molecular weight excluding hydrogens is 334 g/mol. The zero-order valence-electron chi connectivity index (χ0n) is 13.3. The molecule has 2 aliphatic rings. The van der Waals surface area contributed by atoms with E-state index in [-0.39, 0.29) is 16.7 Å². The van der Waals surface area contributed by atoms with E-state index in [0.29, 0.717) is 24.5 Å². The van der Waals surface area contributed by atoms with E-state index in [0.717, 1.165) is 18.0 Å². The number of hydrogen-bond donors (Lipinski definition) is 1. The molecule has 1 amide bonds. The smallest absolute Gasteiger partial charge is 0.243 e. The van der Waals surface area contributed by atoms with Gasteiger partial charge in [0.05, 0.1) is 10.6 Å². The minimum Gasteiger partial charge on any atom is -0.325 e. The summed E-state index contributed by atoms with van der Waals surface area (Å²) in [7, 11) is -1.53. The number of fused-ring (bicyclic) bond motifs is 1. The number of sulfonamides is 1. The van der Waals surface area contributed by atoms with Crippen LogP contribution in [0.5, 0.6) is 0 Å². The van der Waals surface area contributed by atoms with Gasteiger partial charge in [0.1, 0.15) is 0 Å². The Morgan fingerprint density at radius 1 is 1.22 bits per heavy atom. The summed E-state index contributed by atoms with van der Waals surface area (Å²) in [6.07, 6.45) is 0. The highest BCUT2D eigenvalue weighted by atomic mass is 32.2. The molecule has 0 unspecified atom stereocenters. The maximum absolute atomic E-state index is 12.8. The van der Waals surface area contributed by atoms with E-state index >= 15 is 0 Å². The van der Waals surface area contributed by atoms with E-state index in [1.54, 1.807) is 30.0 Å². The fourth-order valence-electron chi connectivity index (χ4n) is 2.62. The number of piperazine rings is 1. The second kappa shape index (κ2) is 6.43. The number of likely N-dealkylation sites (N-methyl/N-ethyl adjacent to an activating group) is 1. The van der Waals surface area contributed by atoms with Crippen molar-refractivity contribution in [3.8, 4) is 0 Å². The zero-order valence-corrected chi connectivity index (χ0v) is 14.9. The normalized spacial score (nSPS) is 23.9. The second-order valence-corrected chi connectivity index (χ2v) is 9.07. The number of benzene rings is 1. The Balaban J connectivity index is 1.89. The minimum atomic E-state index is -3.52. The van der Waals surface area contributed by atoms with Crippen LogP contribution in [0.3, 0.4) is 0 Å². The molecule has 1 aromatic rings. The van der Waals surface area contributed by atoms with E-state index in [9.17, 15) is 13.2 Å². The van der Waals surface area contributed by atoms with Crippen LogP contribution in [0.2, 0.25) is 0 Å². The number of anilines is 1. The Kier molecular flexibility index (Phi) is 4.68. The number of nitrogens with zero attached hydrogens (tertiary/aromatic N) is 2. The Morgan fingerprint density at radius 2 is 1.91 bits per heavy atom. The van der Waals surface area contributed by atoms with Gasteiger partial charge in [0.25, 0.3) is 0 Å². The quantitative estimate of drug-likeness (QED) is 0.866. The molecule has 1 atom stereocenters. The summed E-state index contributed by atoms with van der Waals surface area (Å²) in [6, 6.07) is 5.02. The second-order valence-electron chi connectivity index (χ2n) is 6.07. The SMILES string of the molecule is C[C@@H]1CSc2ccc(S(=O)(=O)N3CCN(C)CC3)cc2NC1=O. The molecule has 0 aliphatic carbocycles. The number of amides is 1. The topological polar surface area (TPSA) is 69.7 Å². The van der Waals surface area contributed by atoms with Crippen molar-refractivity contribution >= 4 is 33.4 Å². The highest BCUT2D eigenvalue weighted by Gasteiger charge is 2.29. The van der Waals surface area contributed by atoms with Crippen LogP contribution in [0, 0.1) is 5.92 Å². The summed E-state index contributed by atoms with van der Waals surface area (Å²) in [6.45, 7) is 4.32. The van der Waals surface area contributed by atoms with Crippen molar-refractivity contribution in [2.45, 2.75) is 16.7 Å². The standard InChI is InChI=1S/C15H21N3O3S2/c1-11-10-22-14-4-3-12(9-13(14)16-15(11)19)23(20,21)18-7-5-17(2)6-8-18/h3-4,9,11H,5-8,10H2,1-2H3,(H,16,19)/t11-/m1/s1. The van der Waals surface area contributed by atoms with E-state index in [4.69, 9.17) is 0 Å². The van der Waals surface area contributed by atoms with Crippen molar-refractivity contribution in [2.24, 2.45) is 5.92 Å². The number of carbonyl (C=O) groups is 1. The summed E-state index contributed by atoms with van der Waals surface area (Å²) in [5.74, 6) is 0.541. The van der Waals surface area contributed by atoms with Crippen LogP contribution in [0.25, 0.3) is 0 Å². The van der Waals surface area contributed by atoms with Crippen LogP contribution in [0.1, 0.15) is 6.92 Å². The fourth-order valence-corrected chi connectivity index (χ4v) is 5.08. The van der Waals surface area contributed by atoms with Gasteiger partial charge in [0.15, 0.2) is 0 Å². The molecule has 0 radical (unpaired) electrons. The molecule has 8 heteroatoms. The van der Waals surface area contributed by atoms with Crippen LogP contribution in [0.15, 0.2) is 28.0 Å². The van der Waals surface area contributed by atoms with Crippen LogP contribution in [-0.4, -0.2) is 62.5 Å². The predicted molar refractivity (Wildman–Crippen MR) is 91.2 cm³/mol. The van der Waals surface area contributed by atoms with Crippen LogP contribution in [0.4, 0.5) is 5.69 Å². The molecule has 0 aromatic heterocycles. The summed E-state index contributed by atoms with van der Waals surface area (Å²) in [4.78, 5) is 15.3. The lowest BCUT2D eigenvalue weighted by Crippen LogP contribution is -2.47. The van der Waals surface area contributed by atoms with Crippen molar-refractivity contribution < 1.29 is 13.2 Å². The Labute approximate surface area is 141 Å². The number of carbonyl (C=O) groups excluding carboxylic acids is 1. The van der Waals surface area contributed by atoms with Crippen molar-refractivity contribution in [3.63, 3.8) is 0 Å². The first-order chi connectivity index (χ1) is 10.9.